The zero-order valence-corrected chi connectivity index (χ0v) is 9.96. The number of carbonyl (C=O) groups is 2. The van der Waals surface area contributed by atoms with Crippen molar-refractivity contribution in [2.75, 3.05) is 5.32 Å². The van der Waals surface area contributed by atoms with Gasteiger partial charge in [0.1, 0.15) is 0 Å². The number of carbonyl (C=O) groups excluding carboxylic acids is 1. The van der Waals surface area contributed by atoms with E-state index in [0.29, 0.717) is 5.56 Å². The lowest BCUT2D eigenvalue weighted by Gasteiger charge is -2.12. The maximum Gasteiger partial charge on any atom is 0.335 e. The van der Waals surface area contributed by atoms with Gasteiger partial charge in [-0.3, -0.25) is 4.79 Å². The fraction of sp³-hybridized carbons (Fsp3) is 0.0667. The summed E-state index contributed by atoms with van der Waals surface area (Å²) in [6, 6.07) is 14.0. The monoisotopic (exact) mass is 253 g/mol. The van der Waals surface area contributed by atoms with Crippen molar-refractivity contribution in [2.24, 2.45) is 0 Å². The fourth-order valence-corrected chi connectivity index (χ4v) is 2.46. The molecule has 4 heteroatoms. The highest BCUT2D eigenvalue weighted by atomic mass is 16.4. The summed E-state index contributed by atoms with van der Waals surface area (Å²) in [5.74, 6) is -1.76. The Balaban J connectivity index is 2.18. The molecule has 0 saturated heterocycles. The normalized spacial score (nSPS) is 16.8. The Morgan fingerprint density at radius 3 is 2.37 bits per heavy atom. The van der Waals surface area contributed by atoms with Gasteiger partial charge in [0.05, 0.1) is 11.5 Å². The first-order valence-electron chi connectivity index (χ1n) is 5.90. The SMILES string of the molecule is O=C(O)c1ccccc1C1C(=O)Nc2ccccc21. The van der Waals surface area contributed by atoms with Gasteiger partial charge >= 0.3 is 5.97 Å². The summed E-state index contributed by atoms with van der Waals surface area (Å²) in [4.78, 5) is 23.4. The zero-order chi connectivity index (χ0) is 13.4. The van der Waals surface area contributed by atoms with E-state index in [4.69, 9.17) is 0 Å². The lowest BCUT2D eigenvalue weighted by Crippen LogP contribution is -2.16. The van der Waals surface area contributed by atoms with Crippen molar-refractivity contribution in [3.05, 3.63) is 65.2 Å². The number of benzene rings is 2. The molecule has 19 heavy (non-hydrogen) atoms. The molecule has 0 fully saturated rings. The van der Waals surface area contributed by atoms with Gasteiger partial charge in [-0.2, -0.15) is 0 Å². The average molecular weight is 253 g/mol. The Morgan fingerprint density at radius 1 is 1.00 bits per heavy atom. The van der Waals surface area contributed by atoms with Crippen LogP contribution in [0.25, 0.3) is 0 Å². The number of nitrogens with one attached hydrogen (secondary N) is 1. The first-order chi connectivity index (χ1) is 9.18. The number of hydrogen-bond donors (Lipinski definition) is 2. The van der Waals surface area contributed by atoms with Crippen molar-refractivity contribution in [1.82, 2.24) is 0 Å². The van der Waals surface area contributed by atoms with E-state index in [1.54, 1.807) is 18.2 Å². The third-order valence-electron chi connectivity index (χ3n) is 3.29. The molecule has 1 unspecified atom stereocenters. The molecule has 2 aromatic rings. The molecule has 1 amide bonds. The Bertz CT molecular complexity index is 679. The van der Waals surface area contributed by atoms with Crippen LogP contribution in [0.15, 0.2) is 48.5 Å². The molecule has 2 aromatic carbocycles. The molecular weight excluding hydrogens is 242 g/mol. The summed E-state index contributed by atoms with van der Waals surface area (Å²) in [5, 5.41) is 12.0. The van der Waals surface area contributed by atoms with Crippen LogP contribution in [0.2, 0.25) is 0 Å². The largest absolute Gasteiger partial charge is 0.478 e. The van der Waals surface area contributed by atoms with Gasteiger partial charge in [0.2, 0.25) is 5.91 Å². The highest BCUT2D eigenvalue weighted by Gasteiger charge is 2.33. The van der Waals surface area contributed by atoms with Gasteiger partial charge in [-0.05, 0) is 23.3 Å². The molecule has 1 aliphatic rings. The maximum absolute atomic E-state index is 12.1. The lowest BCUT2D eigenvalue weighted by molar-refractivity contribution is -0.116. The van der Waals surface area contributed by atoms with Crippen molar-refractivity contribution < 1.29 is 14.7 Å². The molecular formula is C15H11NO3. The van der Waals surface area contributed by atoms with Gasteiger partial charge in [-0.25, -0.2) is 4.79 Å². The third-order valence-corrected chi connectivity index (χ3v) is 3.29. The van der Waals surface area contributed by atoms with Gasteiger partial charge in [-0.15, -0.1) is 0 Å². The van der Waals surface area contributed by atoms with E-state index < -0.39 is 11.9 Å². The Morgan fingerprint density at radius 2 is 1.63 bits per heavy atom. The summed E-state index contributed by atoms with van der Waals surface area (Å²) in [6.07, 6.45) is 0. The second kappa shape index (κ2) is 4.24. The summed E-state index contributed by atoms with van der Waals surface area (Å²) in [6.45, 7) is 0. The number of amides is 1. The minimum Gasteiger partial charge on any atom is -0.478 e. The van der Waals surface area contributed by atoms with Crippen LogP contribution < -0.4 is 5.32 Å². The lowest BCUT2D eigenvalue weighted by atomic mass is 9.89. The first kappa shape index (κ1) is 11.5. The minimum atomic E-state index is -1.02. The second-order valence-corrected chi connectivity index (χ2v) is 4.40. The van der Waals surface area contributed by atoms with E-state index in [1.165, 1.54) is 6.07 Å². The van der Waals surface area contributed by atoms with Crippen molar-refractivity contribution in [3.63, 3.8) is 0 Å². The van der Waals surface area contributed by atoms with Crippen molar-refractivity contribution in [2.45, 2.75) is 5.92 Å². The molecule has 1 heterocycles. The summed E-state index contributed by atoms with van der Waals surface area (Å²) in [5.41, 5.74) is 2.26. The van der Waals surface area contributed by atoms with Crippen molar-refractivity contribution >= 4 is 17.6 Å². The average Bonchev–Trinajstić information content (AvgIpc) is 2.74. The molecule has 0 radical (unpaired) electrons. The number of anilines is 1. The quantitative estimate of drug-likeness (QED) is 0.864. The number of fused-ring (bicyclic) bond motifs is 1. The summed E-state index contributed by atoms with van der Waals surface area (Å²) >= 11 is 0. The molecule has 4 nitrogen and oxygen atoms in total. The van der Waals surface area contributed by atoms with E-state index in [-0.39, 0.29) is 11.5 Å². The number of rotatable bonds is 2. The Labute approximate surface area is 109 Å². The number of hydrogen-bond acceptors (Lipinski definition) is 2. The van der Waals surface area contributed by atoms with Crippen molar-refractivity contribution in [3.8, 4) is 0 Å². The predicted molar refractivity (Wildman–Crippen MR) is 70.3 cm³/mol. The first-order valence-corrected chi connectivity index (χ1v) is 5.90. The number of para-hydroxylation sites is 1. The highest BCUT2D eigenvalue weighted by Crippen LogP contribution is 2.38. The number of aromatic carboxylic acids is 1. The van der Waals surface area contributed by atoms with E-state index in [1.807, 2.05) is 24.3 Å². The number of carboxylic acid groups (broad SMARTS) is 1. The maximum atomic E-state index is 12.1. The third kappa shape index (κ3) is 1.78. The van der Waals surface area contributed by atoms with Crippen LogP contribution in [0.1, 0.15) is 27.4 Å². The topological polar surface area (TPSA) is 66.4 Å². The van der Waals surface area contributed by atoms with Gasteiger partial charge in [-0.1, -0.05) is 36.4 Å². The van der Waals surface area contributed by atoms with Crippen LogP contribution in [0.5, 0.6) is 0 Å². The van der Waals surface area contributed by atoms with Gasteiger partial charge in [0.25, 0.3) is 0 Å². The predicted octanol–water partition coefficient (Wildman–Crippen LogP) is 2.47. The molecule has 3 rings (SSSR count). The Kier molecular flexibility index (Phi) is 2.56. The van der Waals surface area contributed by atoms with Gasteiger partial charge in [0.15, 0.2) is 0 Å². The van der Waals surface area contributed by atoms with Crippen LogP contribution in [-0.4, -0.2) is 17.0 Å². The fourth-order valence-electron chi connectivity index (χ4n) is 2.46. The van der Waals surface area contributed by atoms with Crippen LogP contribution in [0.4, 0.5) is 5.69 Å². The van der Waals surface area contributed by atoms with Gasteiger partial charge in [0, 0.05) is 5.69 Å². The standard InChI is InChI=1S/C15H11NO3/c17-14-13(11-7-3-4-8-12(11)16-14)9-5-1-2-6-10(9)15(18)19/h1-8,13H,(H,16,17)(H,18,19). The van der Waals surface area contributed by atoms with Crippen molar-refractivity contribution in [1.29, 1.82) is 0 Å². The van der Waals surface area contributed by atoms with E-state index in [2.05, 4.69) is 5.32 Å². The molecule has 0 aliphatic carbocycles. The highest BCUT2D eigenvalue weighted by molar-refractivity contribution is 6.06. The molecule has 0 saturated carbocycles. The molecule has 0 aromatic heterocycles. The van der Waals surface area contributed by atoms with Crippen LogP contribution in [-0.2, 0) is 4.79 Å². The van der Waals surface area contributed by atoms with Gasteiger partial charge < -0.3 is 10.4 Å². The summed E-state index contributed by atoms with van der Waals surface area (Å²) in [7, 11) is 0. The Hall–Kier alpha value is -2.62. The van der Waals surface area contributed by atoms with E-state index in [0.717, 1.165) is 11.3 Å². The van der Waals surface area contributed by atoms with Crippen LogP contribution in [0, 0.1) is 0 Å². The van der Waals surface area contributed by atoms with E-state index in [9.17, 15) is 14.7 Å². The molecule has 1 atom stereocenters. The smallest absolute Gasteiger partial charge is 0.335 e. The van der Waals surface area contributed by atoms with Crippen LogP contribution >= 0.6 is 0 Å². The minimum absolute atomic E-state index is 0.166. The summed E-state index contributed by atoms with van der Waals surface area (Å²) < 4.78 is 0. The molecule has 0 spiro atoms. The number of carboxylic acids is 1. The molecule has 94 valence electrons. The van der Waals surface area contributed by atoms with Crippen LogP contribution in [0.3, 0.4) is 0 Å². The zero-order valence-electron chi connectivity index (χ0n) is 9.96. The molecule has 2 N–H and O–H groups in total. The molecule has 0 bridgehead atoms. The second-order valence-electron chi connectivity index (χ2n) is 4.40. The molecule has 1 aliphatic heterocycles. The van der Waals surface area contributed by atoms with E-state index >= 15 is 0 Å².